The summed E-state index contributed by atoms with van der Waals surface area (Å²) in [7, 11) is 0. The van der Waals surface area contributed by atoms with Gasteiger partial charge in [-0.3, -0.25) is 9.59 Å². The Bertz CT molecular complexity index is 781. The number of nitrogens with one attached hydrogen (secondary N) is 1. The van der Waals surface area contributed by atoms with Crippen LogP contribution in [-0.2, 0) is 16.1 Å². The quantitative estimate of drug-likeness (QED) is 0.802. The van der Waals surface area contributed by atoms with E-state index in [0.29, 0.717) is 18.8 Å². The van der Waals surface area contributed by atoms with E-state index in [1.807, 2.05) is 61.5 Å². The first-order chi connectivity index (χ1) is 13.6. The first kappa shape index (κ1) is 19.9. The Morgan fingerprint density at radius 1 is 1.04 bits per heavy atom. The molecule has 0 unspecified atom stereocenters. The second-order valence-electron chi connectivity index (χ2n) is 7.48. The van der Waals surface area contributed by atoms with Gasteiger partial charge in [-0.2, -0.15) is 0 Å². The molecule has 0 atom stereocenters. The summed E-state index contributed by atoms with van der Waals surface area (Å²) in [5.74, 6) is -0.323. The maximum atomic E-state index is 12.5. The molecule has 0 radical (unpaired) electrons. The second kappa shape index (κ2) is 9.40. The van der Waals surface area contributed by atoms with Crippen molar-refractivity contribution in [2.45, 2.75) is 33.2 Å². The molecule has 148 valence electrons. The highest BCUT2D eigenvalue weighted by Gasteiger charge is 2.21. The Kier molecular flexibility index (Phi) is 6.69. The Labute approximate surface area is 167 Å². The summed E-state index contributed by atoms with van der Waals surface area (Å²) in [6.07, 6.45) is 2.42. The molecule has 0 aliphatic carbocycles. The molecule has 2 aromatic carbocycles. The summed E-state index contributed by atoms with van der Waals surface area (Å²) < 4.78 is 0. The molecule has 1 fully saturated rings. The molecule has 1 heterocycles. The number of likely N-dealkylation sites (N-methyl/N-ethyl adjacent to an activating group) is 1. The number of anilines is 2. The van der Waals surface area contributed by atoms with Crippen molar-refractivity contribution in [3.8, 4) is 0 Å². The third kappa shape index (κ3) is 5.12. The molecule has 1 saturated heterocycles. The molecular weight excluding hydrogens is 350 g/mol. The number of amides is 2. The van der Waals surface area contributed by atoms with Crippen LogP contribution in [0.5, 0.6) is 0 Å². The average Bonchev–Trinajstić information content (AvgIpc) is 2.73. The third-order valence-corrected chi connectivity index (χ3v) is 5.35. The normalized spacial score (nSPS) is 14.6. The average molecular weight is 380 g/mol. The Balaban J connectivity index is 1.57. The Hall–Kier alpha value is -2.82. The lowest BCUT2D eigenvalue weighted by molar-refractivity contribution is -0.143. The topological polar surface area (TPSA) is 52.7 Å². The highest BCUT2D eigenvalue weighted by atomic mass is 16.2. The van der Waals surface area contributed by atoms with Crippen LogP contribution >= 0.6 is 0 Å². The standard InChI is InChI=1S/C23H29N3O2/c1-3-25(17-19-7-5-4-6-8-19)23(28)22(27)24-20-9-11-21(12-10-20)26-15-13-18(2)14-16-26/h4-12,18H,3,13-17H2,1-2H3,(H,24,27). The number of carbonyl (C=O) groups excluding carboxylic acids is 2. The van der Waals surface area contributed by atoms with Gasteiger partial charge in [0.15, 0.2) is 0 Å². The molecular formula is C23H29N3O2. The molecule has 28 heavy (non-hydrogen) atoms. The molecule has 0 saturated carbocycles. The van der Waals surface area contributed by atoms with Crippen molar-refractivity contribution < 1.29 is 9.59 Å². The van der Waals surface area contributed by atoms with Crippen molar-refractivity contribution in [2.75, 3.05) is 29.9 Å². The molecule has 1 aliphatic heterocycles. The van der Waals surface area contributed by atoms with Gasteiger partial charge in [-0.25, -0.2) is 0 Å². The summed E-state index contributed by atoms with van der Waals surface area (Å²) in [6, 6.07) is 17.5. The first-order valence-corrected chi connectivity index (χ1v) is 10.1. The molecule has 0 aromatic heterocycles. The minimum Gasteiger partial charge on any atom is -0.372 e. The van der Waals surface area contributed by atoms with Gasteiger partial charge in [0, 0.05) is 37.6 Å². The second-order valence-corrected chi connectivity index (χ2v) is 7.48. The molecule has 5 nitrogen and oxygen atoms in total. The van der Waals surface area contributed by atoms with E-state index >= 15 is 0 Å². The zero-order valence-corrected chi connectivity index (χ0v) is 16.7. The van der Waals surface area contributed by atoms with E-state index in [-0.39, 0.29) is 0 Å². The van der Waals surface area contributed by atoms with Crippen molar-refractivity contribution in [3.63, 3.8) is 0 Å². The largest absolute Gasteiger partial charge is 0.372 e. The predicted molar refractivity (Wildman–Crippen MR) is 113 cm³/mol. The van der Waals surface area contributed by atoms with E-state index in [1.165, 1.54) is 12.8 Å². The number of benzene rings is 2. The van der Waals surface area contributed by atoms with Crippen LogP contribution in [0.1, 0.15) is 32.3 Å². The number of hydrogen-bond donors (Lipinski definition) is 1. The Morgan fingerprint density at radius 3 is 2.29 bits per heavy atom. The van der Waals surface area contributed by atoms with Crippen LogP contribution in [0, 0.1) is 5.92 Å². The van der Waals surface area contributed by atoms with Gasteiger partial charge in [-0.1, -0.05) is 37.3 Å². The van der Waals surface area contributed by atoms with E-state index in [0.717, 1.165) is 30.3 Å². The van der Waals surface area contributed by atoms with Gasteiger partial charge in [0.25, 0.3) is 0 Å². The Morgan fingerprint density at radius 2 is 1.68 bits per heavy atom. The van der Waals surface area contributed by atoms with Gasteiger partial charge in [0.05, 0.1) is 0 Å². The van der Waals surface area contributed by atoms with Crippen molar-refractivity contribution in [3.05, 3.63) is 60.2 Å². The monoisotopic (exact) mass is 379 g/mol. The van der Waals surface area contributed by atoms with Crippen molar-refractivity contribution in [1.29, 1.82) is 0 Å². The first-order valence-electron chi connectivity index (χ1n) is 10.1. The molecule has 2 aromatic rings. The van der Waals surface area contributed by atoms with Gasteiger partial charge >= 0.3 is 11.8 Å². The van der Waals surface area contributed by atoms with Crippen LogP contribution < -0.4 is 10.2 Å². The SMILES string of the molecule is CCN(Cc1ccccc1)C(=O)C(=O)Nc1ccc(N2CCC(C)CC2)cc1. The molecule has 2 amide bonds. The highest BCUT2D eigenvalue weighted by Crippen LogP contribution is 2.24. The molecule has 0 spiro atoms. The lowest BCUT2D eigenvalue weighted by atomic mass is 9.99. The lowest BCUT2D eigenvalue weighted by Gasteiger charge is -2.32. The molecule has 3 rings (SSSR count). The molecule has 1 N–H and O–H groups in total. The molecule has 5 heteroatoms. The van der Waals surface area contributed by atoms with E-state index in [2.05, 4.69) is 17.1 Å². The smallest absolute Gasteiger partial charge is 0.313 e. The van der Waals surface area contributed by atoms with Gasteiger partial charge in [0.1, 0.15) is 0 Å². The zero-order valence-electron chi connectivity index (χ0n) is 16.7. The number of rotatable bonds is 5. The van der Waals surface area contributed by atoms with Crippen LogP contribution in [0.25, 0.3) is 0 Å². The summed E-state index contributed by atoms with van der Waals surface area (Å²) in [5, 5.41) is 2.73. The zero-order chi connectivity index (χ0) is 19.9. The minimum absolute atomic E-state index is 0.427. The van der Waals surface area contributed by atoms with Gasteiger partial charge in [-0.05, 0) is 55.5 Å². The van der Waals surface area contributed by atoms with Crippen LogP contribution in [0.4, 0.5) is 11.4 Å². The number of carbonyl (C=O) groups is 2. The molecule has 0 bridgehead atoms. The van der Waals surface area contributed by atoms with Crippen molar-refractivity contribution in [2.24, 2.45) is 5.92 Å². The summed E-state index contributed by atoms with van der Waals surface area (Å²) in [4.78, 5) is 28.9. The van der Waals surface area contributed by atoms with E-state index in [4.69, 9.17) is 0 Å². The van der Waals surface area contributed by atoms with Gasteiger partial charge in [0.2, 0.25) is 0 Å². The fraction of sp³-hybridized carbons (Fsp3) is 0.391. The fourth-order valence-corrected chi connectivity index (χ4v) is 3.48. The van der Waals surface area contributed by atoms with Crippen LogP contribution in [0.2, 0.25) is 0 Å². The highest BCUT2D eigenvalue weighted by molar-refractivity contribution is 6.39. The maximum absolute atomic E-state index is 12.5. The number of nitrogens with zero attached hydrogens (tertiary/aromatic N) is 2. The number of piperidine rings is 1. The third-order valence-electron chi connectivity index (χ3n) is 5.35. The van der Waals surface area contributed by atoms with Crippen LogP contribution in [-0.4, -0.2) is 36.3 Å². The summed E-state index contributed by atoms with van der Waals surface area (Å²) >= 11 is 0. The predicted octanol–water partition coefficient (Wildman–Crippen LogP) is 3.91. The van der Waals surface area contributed by atoms with Gasteiger partial charge < -0.3 is 15.1 Å². The van der Waals surface area contributed by atoms with Crippen molar-refractivity contribution in [1.82, 2.24) is 4.90 Å². The summed E-state index contributed by atoms with van der Waals surface area (Å²) in [6.45, 7) is 7.21. The molecule has 1 aliphatic rings. The number of hydrogen-bond acceptors (Lipinski definition) is 3. The van der Waals surface area contributed by atoms with E-state index in [1.54, 1.807) is 4.90 Å². The van der Waals surface area contributed by atoms with Crippen LogP contribution in [0.3, 0.4) is 0 Å². The lowest BCUT2D eigenvalue weighted by Crippen LogP contribution is -2.39. The summed E-state index contributed by atoms with van der Waals surface area (Å²) in [5.41, 5.74) is 2.81. The van der Waals surface area contributed by atoms with Crippen molar-refractivity contribution >= 4 is 23.2 Å². The fourth-order valence-electron chi connectivity index (χ4n) is 3.48. The minimum atomic E-state index is -0.600. The van der Waals surface area contributed by atoms with E-state index < -0.39 is 11.8 Å². The maximum Gasteiger partial charge on any atom is 0.313 e. The van der Waals surface area contributed by atoms with Gasteiger partial charge in [-0.15, -0.1) is 0 Å². The van der Waals surface area contributed by atoms with E-state index in [9.17, 15) is 9.59 Å². The van der Waals surface area contributed by atoms with Crippen LogP contribution in [0.15, 0.2) is 54.6 Å².